The first-order chi connectivity index (χ1) is 17.6. The number of carbonyl (C=O) groups is 2. The van der Waals surface area contributed by atoms with Crippen molar-refractivity contribution in [1.29, 1.82) is 0 Å². The van der Waals surface area contributed by atoms with Gasteiger partial charge in [-0.3, -0.25) is 4.90 Å². The third kappa shape index (κ3) is 6.12. The lowest BCUT2D eigenvalue weighted by atomic mass is 9.94. The molecule has 7 heteroatoms. The van der Waals surface area contributed by atoms with Gasteiger partial charge in [0.2, 0.25) is 0 Å². The summed E-state index contributed by atoms with van der Waals surface area (Å²) in [6.45, 7) is 3.97. The van der Waals surface area contributed by atoms with E-state index in [2.05, 4.69) is 39.8 Å². The summed E-state index contributed by atoms with van der Waals surface area (Å²) >= 11 is 0. The first-order valence-corrected chi connectivity index (χ1v) is 12.0. The zero-order valence-electron chi connectivity index (χ0n) is 20.6. The molecule has 0 aliphatic carbocycles. The van der Waals surface area contributed by atoms with Crippen LogP contribution in [0.5, 0.6) is 5.75 Å². The van der Waals surface area contributed by atoms with E-state index in [4.69, 9.17) is 9.47 Å². The second-order valence-corrected chi connectivity index (χ2v) is 8.50. The standard InChI is InChI=1S/C29H31N3O4/c1-3-36-25-17-11-10-16-23(25)27-26(28(33)35-2)24(30-29(34)31-27)20-32(18-21-12-6-4-7-13-21)19-22-14-8-5-9-15-22/h4-17,27H,3,18-20H2,1-2H3,(H2,30,31,34)/t27-/m1/s1. The van der Waals surface area contributed by atoms with Crippen molar-refractivity contribution in [2.75, 3.05) is 20.3 Å². The van der Waals surface area contributed by atoms with Crippen molar-refractivity contribution in [2.45, 2.75) is 26.1 Å². The molecular formula is C29H31N3O4. The van der Waals surface area contributed by atoms with Crippen LogP contribution < -0.4 is 15.4 Å². The molecule has 1 atom stereocenters. The molecule has 0 saturated heterocycles. The average Bonchev–Trinajstić information content (AvgIpc) is 2.89. The van der Waals surface area contributed by atoms with E-state index in [-0.39, 0.29) is 6.03 Å². The number of amides is 2. The molecule has 7 nitrogen and oxygen atoms in total. The molecule has 0 saturated carbocycles. The zero-order valence-corrected chi connectivity index (χ0v) is 20.6. The van der Waals surface area contributed by atoms with Gasteiger partial charge in [-0.25, -0.2) is 9.59 Å². The molecule has 3 aromatic carbocycles. The highest BCUT2D eigenvalue weighted by Crippen LogP contribution is 2.34. The lowest BCUT2D eigenvalue weighted by Crippen LogP contribution is -2.48. The Balaban J connectivity index is 1.74. The highest BCUT2D eigenvalue weighted by molar-refractivity contribution is 5.95. The first kappa shape index (κ1) is 25.0. The van der Waals surface area contributed by atoms with Gasteiger partial charge in [-0.1, -0.05) is 78.9 Å². The number of hydrogen-bond acceptors (Lipinski definition) is 5. The minimum absolute atomic E-state index is 0.342. The van der Waals surface area contributed by atoms with Crippen LogP contribution in [-0.4, -0.2) is 37.2 Å². The van der Waals surface area contributed by atoms with Crippen molar-refractivity contribution in [2.24, 2.45) is 0 Å². The number of carbonyl (C=O) groups excluding carboxylic acids is 2. The van der Waals surface area contributed by atoms with Gasteiger partial charge in [-0.05, 0) is 24.1 Å². The van der Waals surface area contributed by atoms with Crippen LogP contribution in [0.2, 0.25) is 0 Å². The number of nitrogens with one attached hydrogen (secondary N) is 2. The van der Waals surface area contributed by atoms with E-state index in [0.717, 1.165) is 11.1 Å². The monoisotopic (exact) mass is 485 g/mol. The largest absolute Gasteiger partial charge is 0.494 e. The molecule has 4 rings (SSSR count). The Morgan fingerprint density at radius 1 is 0.861 bits per heavy atom. The molecule has 0 fully saturated rings. The van der Waals surface area contributed by atoms with Crippen molar-refractivity contribution in [1.82, 2.24) is 15.5 Å². The van der Waals surface area contributed by atoms with Gasteiger partial charge in [-0.15, -0.1) is 0 Å². The van der Waals surface area contributed by atoms with Crippen LogP contribution in [0.15, 0.2) is 96.2 Å². The summed E-state index contributed by atoms with van der Waals surface area (Å²) in [7, 11) is 1.35. The fourth-order valence-electron chi connectivity index (χ4n) is 4.41. The minimum Gasteiger partial charge on any atom is -0.494 e. The number of para-hydroxylation sites is 1. The Kier molecular flexibility index (Phi) is 8.36. The van der Waals surface area contributed by atoms with Gasteiger partial charge >= 0.3 is 12.0 Å². The Bertz CT molecular complexity index is 1170. The number of hydrogen-bond donors (Lipinski definition) is 2. The summed E-state index contributed by atoms with van der Waals surface area (Å²) in [5, 5.41) is 5.77. The van der Waals surface area contributed by atoms with Crippen LogP contribution in [0.3, 0.4) is 0 Å². The molecule has 3 aromatic rings. The number of ether oxygens (including phenoxy) is 2. The summed E-state index contributed by atoms with van der Waals surface area (Å²) in [4.78, 5) is 28.1. The van der Waals surface area contributed by atoms with Gasteiger partial charge in [-0.2, -0.15) is 0 Å². The molecule has 1 aliphatic heterocycles. The summed E-state index contributed by atoms with van der Waals surface area (Å²) in [5.41, 5.74) is 3.83. The van der Waals surface area contributed by atoms with Gasteiger partial charge < -0.3 is 20.1 Å². The summed E-state index contributed by atoms with van der Waals surface area (Å²) < 4.78 is 11.0. The van der Waals surface area contributed by atoms with Crippen molar-refractivity contribution >= 4 is 12.0 Å². The molecule has 186 valence electrons. The topological polar surface area (TPSA) is 79.9 Å². The molecule has 0 radical (unpaired) electrons. The second-order valence-electron chi connectivity index (χ2n) is 8.50. The summed E-state index contributed by atoms with van der Waals surface area (Å²) in [5.74, 6) is 0.103. The second kappa shape index (κ2) is 12.0. The van der Waals surface area contributed by atoms with Crippen molar-refractivity contribution in [3.05, 3.63) is 113 Å². The normalized spacial score (nSPS) is 15.3. The molecule has 1 aliphatic rings. The van der Waals surface area contributed by atoms with Crippen LogP contribution >= 0.6 is 0 Å². The van der Waals surface area contributed by atoms with Crippen molar-refractivity contribution < 1.29 is 19.1 Å². The third-order valence-electron chi connectivity index (χ3n) is 5.97. The Morgan fingerprint density at radius 2 is 1.44 bits per heavy atom. The fraction of sp³-hybridized carbons (Fsp3) is 0.241. The van der Waals surface area contributed by atoms with E-state index in [1.165, 1.54) is 7.11 Å². The lowest BCUT2D eigenvalue weighted by molar-refractivity contribution is -0.136. The number of nitrogens with zero attached hydrogens (tertiary/aromatic N) is 1. The molecule has 2 N–H and O–H groups in total. The Morgan fingerprint density at radius 3 is 2.03 bits per heavy atom. The Labute approximate surface area is 211 Å². The fourth-order valence-corrected chi connectivity index (χ4v) is 4.41. The molecule has 1 heterocycles. The van der Waals surface area contributed by atoms with Crippen LogP contribution in [0.1, 0.15) is 29.7 Å². The molecule has 2 amide bonds. The van der Waals surface area contributed by atoms with Gasteiger partial charge in [0.05, 0.1) is 25.3 Å². The van der Waals surface area contributed by atoms with Crippen molar-refractivity contribution in [3.8, 4) is 5.75 Å². The van der Waals surface area contributed by atoms with Crippen LogP contribution in [0.4, 0.5) is 4.79 Å². The van der Waals surface area contributed by atoms with E-state index in [1.807, 2.05) is 67.6 Å². The van der Waals surface area contributed by atoms with E-state index in [0.29, 0.717) is 48.8 Å². The molecule has 36 heavy (non-hydrogen) atoms. The zero-order chi connectivity index (χ0) is 25.3. The van der Waals surface area contributed by atoms with Crippen molar-refractivity contribution in [3.63, 3.8) is 0 Å². The molecule has 0 unspecified atom stereocenters. The SMILES string of the molecule is CCOc1ccccc1[C@H]1NC(=O)NC(CN(Cc2ccccc2)Cc2ccccc2)=C1C(=O)OC. The molecular weight excluding hydrogens is 454 g/mol. The van der Waals surface area contributed by atoms with Crippen LogP contribution in [0.25, 0.3) is 0 Å². The lowest BCUT2D eigenvalue weighted by Gasteiger charge is -2.32. The maximum absolute atomic E-state index is 13.1. The average molecular weight is 486 g/mol. The van der Waals surface area contributed by atoms with E-state index in [1.54, 1.807) is 0 Å². The Hall–Kier alpha value is -4.10. The summed E-state index contributed by atoms with van der Waals surface area (Å²) in [6, 6.07) is 26.6. The van der Waals surface area contributed by atoms with Crippen LogP contribution in [0, 0.1) is 0 Å². The highest BCUT2D eigenvalue weighted by Gasteiger charge is 2.35. The molecule has 0 spiro atoms. The van der Waals surface area contributed by atoms with Gasteiger partial charge in [0.15, 0.2) is 0 Å². The predicted molar refractivity (Wildman–Crippen MR) is 138 cm³/mol. The number of esters is 1. The van der Waals surface area contributed by atoms with E-state index in [9.17, 15) is 9.59 Å². The highest BCUT2D eigenvalue weighted by atomic mass is 16.5. The number of rotatable bonds is 10. The van der Waals surface area contributed by atoms with Gasteiger partial charge in [0, 0.05) is 30.9 Å². The minimum atomic E-state index is -0.709. The first-order valence-electron chi connectivity index (χ1n) is 12.0. The number of methoxy groups -OCH3 is 1. The number of urea groups is 1. The molecule has 0 bridgehead atoms. The van der Waals surface area contributed by atoms with E-state index < -0.39 is 12.0 Å². The summed E-state index contributed by atoms with van der Waals surface area (Å²) in [6.07, 6.45) is 0. The number of benzene rings is 3. The van der Waals surface area contributed by atoms with Gasteiger partial charge in [0.25, 0.3) is 0 Å². The maximum atomic E-state index is 13.1. The van der Waals surface area contributed by atoms with Crippen LogP contribution in [-0.2, 0) is 22.6 Å². The van der Waals surface area contributed by atoms with Gasteiger partial charge in [0.1, 0.15) is 5.75 Å². The smallest absolute Gasteiger partial charge is 0.338 e. The van der Waals surface area contributed by atoms with E-state index >= 15 is 0 Å². The predicted octanol–water partition coefficient (Wildman–Crippen LogP) is 4.57. The quantitative estimate of drug-likeness (QED) is 0.411. The third-order valence-corrected chi connectivity index (χ3v) is 5.97. The molecule has 0 aromatic heterocycles. The maximum Gasteiger partial charge on any atom is 0.338 e.